The first-order chi connectivity index (χ1) is 26.6. The zero-order valence-electron chi connectivity index (χ0n) is 30.7. The van der Waals surface area contributed by atoms with Crippen LogP contribution in [0.15, 0.2) is 146 Å². The van der Waals surface area contributed by atoms with Crippen LogP contribution in [-0.4, -0.2) is 0 Å². The topological polar surface area (TPSA) is 27.7 Å². The zero-order chi connectivity index (χ0) is 38.2. The first-order valence-electron chi connectivity index (χ1n) is 18.8. The summed E-state index contributed by atoms with van der Waals surface area (Å²) in [5.41, 5.74) is 1.61. The van der Waals surface area contributed by atoms with Crippen LogP contribution in [0, 0.1) is 35.1 Å². The standard InChI is InChI=1S/C48H42F4O3/c1-47(33-15-16-33,35-19-23-37(49)24-20-35)45(31-13-27-41(51)43(29-31)53-39-9-5-3-6-10-39)55-46(48(2,34-17-18-34)36-21-25-38(50)26-22-36)32-14-28-42(52)44(30-32)54-40-11-7-4-8-12-40/h3-14,19-30,33-34,45-46H,15-18H2,1-2H3. The van der Waals surface area contributed by atoms with Gasteiger partial charge in [0.05, 0.1) is 12.2 Å². The van der Waals surface area contributed by atoms with Crippen LogP contribution in [-0.2, 0) is 15.6 Å². The molecule has 0 radical (unpaired) electrons. The van der Waals surface area contributed by atoms with E-state index in [4.69, 9.17) is 14.2 Å². The van der Waals surface area contributed by atoms with Crippen LogP contribution >= 0.6 is 0 Å². The molecule has 6 aromatic rings. The van der Waals surface area contributed by atoms with Crippen molar-refractivity contribution in [1.82, 2.24) is 0 Å². The van der Waals surface area contributed by atoms with Gasteiger partial charge in [-0.2, -0.15) is 0 Å². The molecule has 6 aromatic carbocycles. The molecule has 0 spiro atoms. The Kier molecular flexibility index (Phi) is 9.99. The molecular weight excluding hydrogens is 701 g/mol. The second-order valence-corrected chi connectivity index (χ2v) is 15.2. The van der Waals surface area contributed by atoms with Gasteiger partial charge in [0.15, 0.2) is 23.1 Å². The number of hydrogen-bond acceptors (Lipinski definition) is 3. The van der Waals surface area contributed by atoms with E-state index in [-0.39, 0.29) is 35.0 Å². The van der Waals surface area contributed by atoms with Crippen molar-refractivity contribution in [3.05, 3.63) is 191 Å². The smallest absolute Gasteiger partial charge is 0.165 e. The fourth-order valence-corrected chi connectivity index (χ4v) is 8.21. The predicted octanol–water partition coefficient (Wildman–Crippen LogP) is 13.4. The molecule has 280 valence electrons. The van der Waals surface area contributed by atoms with Crippen molar-refractivity contribution in [2.45, 2.75) is 62.6 Å². The molecule has 0 aromatic heterocycles. The van der Waals surface area contributed by atoms with Gasteiger partial charge in [-0.25, -0.2) is 17.6 Å². The van der Waals surface area contributed by atoms with Crippen molar-refractivity contribution in [3.8, 4) is 23.0 Å². The average molecular weight is 743 g/mol. The van der Waals surface area contributed by atoms with Crippen LogP contribution in [0.1, 0.15) is 74.0 Å². The lowest BCUT2D eigenvalue weighted by molar-refractivity contribution is -0.0982. The summed E-state index contributed by atoms with van der Waals surface area (Å²) >= 11 is 0. The summed E-state index contributed by atoms with van der Waals surface area (Å²) in [5.74, 6) is -0.448. The molecule has 0 heterocycles. The average Bonchev–Trinajstić information content (AvgIpc) is 4.13. The van der Waals surface area contributed by atoms with Gasteiger partial charge in [0.1, 0.15) is 23.1 Å². The van der Waals surface area contributed by atoms with Crippen molar-refractivity contribution in [2.75, 3.05) is 0 Å². The molecule has 0 saturated heterocycles. The number of benzene rings is 6. The van der Waals surface area contributed by atoms with E-state index in [1.165, 1.54) is 36.4 Å². The van der Waals surface area contributed by atoms with Crippen molar-refractivity contribution >= 4 is 0 Å². The van der Waals surface area contributed by atoms with Gasteiger partial charge in [-0.15, -0.1) is 0 Å². The lowest BCUT2D eigenvalue weighted by Gasteiger charge is -2.46. The highest BCUT2D eigenvalue weighted by molar-refractivity contribution is 5.43. The summed E-state index contributed by atoms with van der Waals surface area (Å²) in [6.07, 6.45) is 2.17. The summed E-state index contributed by atoms with van der Waals surface area (Å²) in [5, 5.41) is 0. The minimum atomic E-state index is -0.740. The van der Waals surface area contributed by atoms with Gasteiger partial charge in [0, 0.05) is 10.8 Å². The highest BCUT2D eigenvalue weighted by Gasteiger charge is 2.55. The molecule has 3 nitrogen and oxygen atoms in total. The second kappa shape index (κ2) is 15.0. The largest absolute Gasteiger partial charge is 0.454 e. The third-order valence-corrected chi connectivity index (χ3v) is 11.6. The minimum Gasteiger partial charge on any atom is -0.454 e. The molecule has 0 bridgehead atoms. The highest BCUT2D eigenvalue weighted by Crippen LogP contribution is 2.61. The first-order valence-corrected chi connectivity index (χ1v) is 18.8. The van der Waals surface area contributed by atoms with Gasteiger partial charge >= 0.3 is 0 Å². The Morgan fingerprint density at radius 3 is 1.18 bits per heavy atom. The van der Waals surface area contributed by atoms with E-state index in [1.54, 1.807) is 72.8 Å². The van der Waals surface area contributed by atoms with Crippen molar-refractivity contribution in [3.63, 3.8) is 0 Å². The molecule has 7 heteroatoms. The second-order valence-electron chi connectivity index (χ2n) is 15.2. The summed E-state index contributed by atoms with van der Waals surface area (Å²) in [7, 11) is 0. The summed E-state index contributed by atoms with van der Waals surface area (Å²) in [4.78, 5) is 0. The maximum absolute atomic E-state index is 15.6. The van der Waals surface area contributed by atoms with Gasteiger partial charge in [0.25, 0.3) is 0 Å². The predicted molar refractivity (Wildman–Crippen MR) is 205 cm³/mol. The molecule has 2 aliphatic carbocycles. The molecular formula is C48H42F4O3. The number of hydrogen-bond donors (Lipinski definition) is 0. The monoisotopic (exact) mass is 742 g/mol. The maximum atomic E-state index is 15.6. The van der Waals surface area contributed by atoms with E-state index in [9.17, 15) is 8.78 Å². The lowest BCUT2D eigenvalue weighted by Crippen LogP contribution is -2.41. The van der Waals surface area contributed by atoms with E-state index in [0.717, 1.165) is 36.8 Å². The van der Waals surface area contributed by atoms with E-state index >= 15 is 8.78 Å². The number of rotatable bonds is 14. The fourth-order valence-electron chi connectivity index (χ4n) is 8.21. The van der Waals surface area contributed by atoms with E-state index in [2.05, 4.69) is 13.8 Å². The van der Waals surface area contributed by atoms with Crippen LogP contribution in [0.25, 0.3) is 0 Å². The Hall–Kier alpha value is -5.40. The molecule has 55 heavy (non-hydrogen) atoms. The molecule has 0 aliphatic heterocycles. The lowest BCUT2D eigenvalue weighted by atomic mass is 9.68. The molecule has 2 aliphatic rings. The molecule has 2 saturated carbocycles. The van der Waals surface area contributed by atoms with Crippen LogP contribution < -0.4 is 9.47 Å². The Bertz CT molecular complexity index is 2080. The molecule has 0 N–H and O–H groups in total. The third kappa shape index (κ3) is 7.50. The summed E-state index contributed by atoms with van der Waals surface area (Å²) < 4.78 is 80.1. The molecule has 4 atom stereocenters. The van der Waals surface area contributed by atoms with Crippen molar-refractivity contribution in [2.24, 2.45) is 11.8 Å². The first kappa shape index (κ1) is 36.6. The summed E-state index contributed by atoms with van der Waals surface area (Å²) in [6, 6.07) is 40.7. The van der Waals surface area contributed by atoms with Gasteiger partial charge in [-0.05, 0) is 133 Å². The van der Waals surface area contributed by atoms with Gasteiger partial charge in [-0.3, -0.25) is 0 Å². The van der Waals surface area contributed by atoms with E-state index < -0.39 is 34.7 Å². The quantitative estimate of drug-likeness (QED) is 0.104. The number of ether oxygens (including phenoxy) is 3. The Morgan fingerprint density at radius 2 is 0.836 bits per heavy atom. The summed E-state index contributed by atoms with van der Waals surface area (Å²) in [6.45, 7) is 4.25. The van der Waals surface area contributed by atoms with E-state index in [0.29, 0.717) is 22.6 Å². The molecule has 8 rings (SSSR count). The van der Waals surface area contributed by atoms with Crippen LogP contribution in [0.2, 0.25) is 0 Å². The Morgan fingerprint density at radius 1 is 0.473 bits per heavy atom. The Balaban J connectivity index is 1.32. The van der Waals surface area contributed by atoms with Gasteiger partial charge < -0.3 is 14.2 Å². The third-order valence-electron chi connectivity index (χ3n) is 11.6. The maximum Gasteiger partial charge on any atom is 0.165 e. The molecule has 0 amide bonds. The molecule has 2 fully saturated rings. The van der Waals surface area contributed by atoms with Crippen molar-refractivity contribution in [1.29, 1.82) is 0 Å². The Labute approximate surface area is 319 Å². The van der Waals surface area contributed by atoms with Crippen LogP contribution in [0.4, 0.5) is 17.6 Å². The number of para-hydroxylation sites is 2. The van der Waals surface area contributed by atoms with Gasteiger partial charge in [-0.1, -0.05) is 86.6 Å². The SMILES string of the molecule is CC(c1ccc(F)cc1)(C1CC1)C(OC(c1ccc(F)c(Oc2ccccc2)c1)C(C)(c1ccc(F)cc1)C1CC1)c1ccc(F)c(Oc2ccccc2)c1. The zero-order valence-corrected chi connectivity index (χ0v) is 30.7. The highest BCUT2D eigenvalue weighted by atomic mass is 19.1. The van der Waals surface area contributed by atoms with Crippen LogP contribution in [0.3, 0.4) is 0 Å². The van der Waals surface area contributed by atoms with Crippen molar-refractivity contribution < 1.29 is 31.8 Å². The van der Waals surface area contributed by atoms with E-state index in [1.807, 2.05) is 36.4 Å². The normalized spacial score (nSPS) is 17.4. The number of halogens is 4. The van der Waals surface area contributed by atoms with Crippen LogP contribution in [0.5, 0.6) is 23.0 Å². The molecule has 4 unspecified atom stereocenters. The van der Waals surface area contributed by atoms with Gasteiger partial charge in [0.2, 0.25) is 0 Å². The minimum absolute atomic E-state index is 0.0370. The fraction of sp³-hybridized carbons (Fsp3) is 0.250.